The predicted octanol–water partition coefficient (Wildman–Crippen LogP) is 2.09. The quantitative estimate of drug-likeness (QED) is 0.874. The van der Waals surface area contributed by atoms with Gasteiger partial charge in [-0.25, -0.2) is 4.98 Å². The first-order valence-electron chi connectivity index (χ1n) is 7.30. The van der Waals surface area contributed by atoms with E-state index in [1.165, 1.54) is 24.1 Å². The lowest BCUT2D eigenvalue weighted by atomic mass is 10.2. The molecule has 0 saturated heterocycles. The van der Waals surface area contributed by atoms with Crippen LogP contribution in [-0.4, -0.2) is 22.1 Å². The molecular weight excluding hydrogens is 248 g/mol. The van der Waals surface area contributed by atoms with Gasteiger partial charge in [-0.2, -0.15) is 0 Å². The van der Waals surface area contributed by atoms with Crippen LogP contribution in [0.5, 0.6) is 0 Å². The molecule has 1 fully saturated rings. The fourth-order valence-corrected chi connectivity index (χ4v) is 2.59. The molecule has 4 nitrogen and oxygen atoms in total. The zero-order valence-corrected chi connectivity index (χ0v) is 12.0. The van der Waals surface area contributed by atoms with Crippen molar-refractivity contribution >= 4 is 5.69 Å². The van der Waals surface area contributed by atoms with Crippen LogP contribution in [0.2, 0.25) is 0 Å². The lowest BCUT2D eigenvalue weighted by Crippen LogP contribution is -2.28. The first-order chi connectivity index (χ1) is 9.78. The van der Waals surface area contributed by atoms with Crippen molar-refractivity contribution in [1.82, 2.24) is 9.55 Å². The summed E-state index contributed by atoms with van der Waals surface area (Å²) in [6.45, 7) is 1.63. The van der Waals surface area contributed by atoms with E-state index in [1.54, 1.807) is 0 Å². The van der Waals surface area contributed by atoms with Crippen molar-refractivity contribution in [1.29, 1.82) is 0 Å². The summed E-state index contributed by atoms with van der Waals surface area (Å²) in [6.07, 6.45) is 7.47. The van der Waals surface area contributed by atoms with E-state index in [0.717, 1.165) is 18.8 Å². The van der Waals surface area contributed by atoms with Gasteiger partial charge in [0.25, 0.3) is 0 Å². The number of hydrogen-bond donors (Lipinski definition) is 1. The molecule has 1 aliphatic carbocycles. The van der Waals surface area contributed by atoms with Gasteiger partial charge in [-0.1, -0.05) is 12.1 Å². The van der Waals surface area contributed by atoms with E-state index in [1.807, 2.05) is 12.4 Å². The molecule has 1 heterocycles. The second-order valence-electron chi connectivity index (χ2n) is 5.50. The normalized spacial score (nSPS) is 14.5. The maximum atomic E-state index is 5.66. The highest BCUT2D eigenvalue weighted by atomic mass is 15.2. The van der Waals surface area contributed by atoms with Gasteiger partial charge < -0.3 is 15.2 Å². The molecular formula is C16H22N4. The minimum absolute atomic E-state index is 0.608. The Morgan fingerprint density at radius 2 is 2.05 bits per heavy atom. The third-order valence-electron chi connectivity index (χ3n) is 3.99. The van der Waals surface area contributed by atoms with E-state index in [-0.39, 0.29) is 0 Å². The molecule has 1 aliphatic rings. The van der Waals surface area contributed by atoms with E-state index < -0.39 is 0 Å². The summed E-state index contributed by atoms with van der Waals surface area (Å²) >= 11 is 0. The first kappa shape index (κ1) is 13.2. The second-order valence-corrected chi connectivity index (χ2v) is 5.50. The number of benzene rings is 1. The Labute approximate surface area is 120 Å². The summed E-state index contributed by atoms with van der Waals surface area (Å²) in [5.74, 6) is 1.15. The Hall–Kier alpha value is -1.81. The van der Waals surface area contributed by atoms with Gasteiger partial charge >= 0.3 is 0 Å². The van der Waals surface area contributed by atoms with E-state index in [9.17, 15) is 0 Å². The second kappa shape index (κ2) is 5.67. The van der Waals surface area contributed by atoms with Crippen LogP contribution in [0.15, 0.2) is 36.7 Å². The third-order valence-corrected chi connectivity index (χ3v) is 3.99. The van der Waals surface area contributed by atoms with Crippen LogP contribution in [-0.2, 0) is 20.0 Å². The standard InChI is InChI=1S/C16H22N4/c1-19-11-9-18-16(19)8-10-20(15-6-7-15)14-4-2-13(12-17)3-5-14/h2-5,9,11,15H,6-8,10,12,17H2,1H3. The van der Waals surface area contributed by atoms with Crippen molar-refractivity contribution in [3.63, 3.8) is 0 Å². The van der Waals surface area contributed by atoms with Crippen molar-refractivity contribution in [2.24, 2.45) is 12.8 Å². The van der Waals surface area contributed by atoms with E-state index >= 15 is 0 Å². The number of nitrogens with zero attached hydrogens (tertiary/aromatic N) is 3. The molecule has 1 aromatic carbocycles. The molecule has 4 heteroatoms. The minimum atomic E-state index is 0.608. The average molecular weight is 270 g/mol. The van der Waals surface area contributed by atoms with Gasteiger partial charge in [0.1, 0.15) is 5.82 Å². The summed E-state index contributed by atoms with van der Waals surface area (Å²) < 4.78 is 2.10. The zero-order chi connectivity index (χ0) is 13.9. The monoisotopic (exact) mass is 270 g/mol. The maximum Gasteiger partial charge on any atom is 0.110 e. The molecule has 0 unspecified atom stereocenters. The predicted molar refractivity (Wildman–Crippen MR) is 81.6 cm³/mol. The summed E-state index contributed by atoms with van der Waals surface area (Å²) in [7, 11) is 2.06. The highest BCUT2D eigenvalue weighted by Crippen LogP contribution is 2.31. The molecule has 20 heavy (non-hydrogen) atoms. The molecule has 0 bridgehead atoms. The van der Waals surface area contributed by atoms with Gasteiger partial charge in [-0.15, -0.1) is 0 Å². The zero-order valence-electron chi connectivity index (χ0n) is 12.0. The van der Waals surface area contributed by atoms with Crippen LogP contribution in [0, 0.1) is 0 Å². The molecule has 0 radical (unpaired) electrons. The van der Waals surface area contributed by atoms with E-state index in [2.05, 4.69) is 45.8 Å². The van der Waals surface area contributed by atoms with E-state index in [4.69, 9.17) is 5.73 Å². The molecule has 0 atom stereocenters. The van der Waals surface area contributed by atoms with Gasteiger partial charge in [0.15, 0.2) is 0 Å². The van der Waals surface area contributed by atoms with Crippen molar-refractivity contribution < 1.29 is 0 Å². The SMILES string of the molecule is Cn1ccnc1CCN(c1ccc(CN)cc1)C1CC1. The molecule has 0 amide bonds. The van der Waals surface area contributed by atoms with Gasteiger partial charge in [-0.3, -0.25) is 0 Å². The van der Waals surface area contributed by atoms with Crippen molar-refractivity contribution in [2.75, 3.05) is 11.4 Å². The fourth-order valence-electron chi connectivity index (χ4n) is 2.59. The van der Waals surface area contributed by atoms with Crippen molar-refractivity contribution in [3.8, 4) is 0 Å². The number of aryl methyl sites for hydroxylation is 1. The highest BCUT2D eigenvalue weighted by Gasteiger charge is 2.29. The topological polar surface area (TPSA) is 47.1 Å². The van der Waals surface area contributed by atoms with Gasteiger partial charge in [0.2, 0.25) is 0 Å². The summed E-state index contributed by atoms with van der Waals surface area (Å²) in [5.41, 5.74) is 8.16. The van der Waals surface area contributed by atoms with Crippen LogP contribution < -0.4 is 10.6 Å². The maximum absolute atomic E-state index is 5.66. The Morgan fingerprint density at radius 1 is 1.30 bits per heavy atom. The third kappa shape index (κ3) is 2.85. The Kier molecular flexibility index (Phi) is 3.74. The fraction of sp³-hybridized carbons (Fsp3) is 0.438. The Morgan fingerprint density at radius 3 is 2.60 bits per heavy atom. The molecule has 106 valence electrons. The van der Waals surface area contributed by atoms with Crippen LogP contribution in [0.1, 0.15) is 24.2 Å². The first-order valence-corrected chi connectivity index (χ1v) is 7.30. The smallest absolute Gasteiger partial charge is 0.110 e. The molecule has 2 N–H and O–H groups in total. The van der Waals surface area contributed by atoms with Crippen molar-refractivity contribution in [2.45, 2.75) is 31.8 Å². The lowest BCUT2D eigenvalue weighted by Gasteiger charge is -2.24. The number of anilines is 1. The molecule has 1 aromatic heterocycles. The Balaban J connectivity index is 1.70. The van der Waals surface area contributed by atoms with E-state index in [0.29, 0.717) is 12.6 Å². The van der Waals surface area contributed by atoms with Gasteiger partial charge in [0, 0.05) is 50.7 Å². The average Bonchev–Trinajstić information content (AvgIpc) is 3.23. The van der Waals surface area contributed by atoms with Crippen LogP contribution in [0.3, 0.4) is 0 Å². The number of rotatable bonds is 6. The summed E-state index contributed by atoms with van der Waals surface area (Å²) in [5, 5.41) is 0. The van der Waals surface area contributed by atoms with Gasteiger partial charge in [0.05, 0.1) is 0 Å². The molecule has 0 spiro atoms. The number of imidazole rings is 1. The Bertz CT molecular complexity index is 554. The van der Waals surface area contributed by atoms with Gasteiger partial charge in [-0.05, 0) is 30.5 Å². The summed E-state index contributed by atoms with van der Waals surface area (Å²) in [4.78, 5) is 6.92. The molecule has 2 aromatic rings. The molecule has 0 aliphatic heterocycles. The summed E-state index contributed by atoms with van der Waals surface area (Å²) in [6, 6.07) is 9.36. The molecule has 1 saturated carbocycles. The largest absolute Gasteiger partial charge is 0.368 e. The number of aromatic nitrogens is 2. The number of nitrogens with two attached hydrogens (primary N) is 1. The lowest BCUT2D eigenvalue weighted by molar-refractivity contribution is 0.719. The highest BCUT2D eigenvalue weighted by molar-refractivity contribution is 5.49. The van der Waals surface area contributed by atoms with Crippen LogP contribution in [0.4, 0.5) is 5.69 Å². The van der Waals surface area contributed by atoms with Crippen LogP contribution in [0.25, 0.3) is 0 Å². The molecule has 3 rings (SSSR count). The van der Waals surface area contributed by atoms with Crippen LogP contribution >= 0.6 is 0 Å². The number of hydrogen-bond acceptors (Lipinski definition) is 3. The minimum Gasteiger partial charge on any atom is -0.368 e. The van der Waals surface area contributed by atoms with Crippen molar-refractivity contribution in [3.05, 3.63) is 48.0 Å².